The number of rotatable bonds is 5. The Kier molecular flexibility index (Phi) is 6.02. The molecule has 0 aliphatic carbocycles. The highest BCUT2D eigenvalue weighted by Gasteiger charge is 2.30. The largest absolute Gasteiger partial charge is 0.381 e. The SMILES string of the molecule is CCC(N)C(c1ccccc1Br)N1CCC(OC)CC1. The Hall–Kier alpha value is -0.420. The second kappa shape index (κ2) is 7.55. The van der Waals surface area contributed by atoms with Crippen molar-refractivity contribution in [1.82, 2.24) is 4.90 Å². The number of nitrogens with zero attached hydrogens (tertiary/aromatic N) is 1. The first-order chi connectivity index (χ1) is 9.67. The number of halogens is 1. The summed E-state index contributed by atoms with van der Waals surface area (Å²) in [5, 5.41) is 0. The average Bonchev–Trinajstić information content (AvgIpc) is 2.50. The lowest BCUT2D eigenvalue weighted by atomic mass is 9.94. The van der Waals surface area contributed by atoms with Gasteiger partial charge in [-0.1, -0.05) is 41.1 Å². The van der Waals surface area contributed by atoms with E-state index in [1.165, 1.54) is 5.56 Å². The Bertz CT molecular complexity index is 419. The number of nitrogens with two attached hydrogens (primary N) is 1. The van der Waals surface area contributed by atoms with Crippen LogP contribution in [0.3, 0.4) is 0 Å². The highest BCUT2D eigenvalue weighted by Crippen LogP contribution is 2.33. The van der Waals surface area contributed by atoms with Gasteiger partial charge < -0.3 is 10.5 Å². The Morgan fingerprint density at radius 2 is 2.00 bits per heavy atom. The number of hydrogen-bond acceptors (Lipinski definition) is 3. The first-order valence-electron chi connectivity index (χ1n) is 7.44. The van der Waals surface area contributed by atoms with Crippen LogP contribution in [0.5, 0.6) is 0 Å². The summed E-state index contributed by atoms with van der Waals surface area (Å²) in [5.74, 6) is 0. The van der Waals surface area contributed by atoms with Gasteiger partial charge in [-0.05, 0) is 30.9 Å². The highest BCUT2D eigenvalue weighted by atomic mass is 79.9. The lowest BCUT2D eigenvalue weighted by Crippen LogP contribution is -2.46. The molecule has 0 amide bonds. The fourth-order valence-electron chi connectivity index (χ4n) is 3.03. The summed E-state index contributed by atoms with van der Waals surface area (Å²) >= 11 is 3.68. The van der Waals surface area contributed by atoms with Crippen molar-refractivity contribution in [2.75, 3.05) is 20.2 Å². The highest BCUT2D eigenvalue weighted by molar-refractivity contribution is 9.10. The zero-order chi connectivity index (χ0) is 14.5. The van der Waals surface area contributed by atoms with Crippen molar-refractivity contribution in [2.24, 2.45) is 5.73 Å². The molecule has 0 bridgehead atoms. The van der Waals surface area contributed by atoms with Crippen molar-refractivity contribution in [3.05, 3.63) is 34.3 Å². The van der Waals surface area contributed by atoms with Crippen molar-refractivity contribution in [1.29, 1.82) is 0 Å². The molecule has 1 aliphatic rings. The van der Waals surface area contributed by atoms with Gasteiger partial charge in [0.15, 0.2) is 0 Å². The topological polar surface area (TPSA) is 38.5 Å². The Morgan fingerprint density at radius 3 is 2.55 bits per heavy atom. The maximum absolute atomic E-state index is 6.42. The Labute approximate surface area is 130 Å². The van der Waals surface area contributed by atoms with Crippen LogP contribution < -0.4 is 5.73 Å². The molecule has 1 aliphatic heterocycles. The monoisotopic (exact) mass is 340 g/mol. The molecule has 0 saturated carbocycles. The molecular weight excluding hydrogens is 316 g/mol. The number of likely N-dealkylation sites (tertiary alicyclic amines) is 1. The molecule has 1 aromatic carbocycles. The van der Waals surface area contributed by atoms with Crippen molar-refractivity contribution >= 4 is 15.9 Å². The lowest BCUT2D eigenvalue weighted by molar-refractivity contribution is 0.0221. The molecule has 1 fully saturated rings. The van der Waals surface area contributed by atoms with Gasteiger partial charge in [-0.25, -0.2) is 0 Å². The fraction of sp³-hybridized carbons (Fsp3) is 0.625. The van der Waals surface area contributed by atoms with Gasteiger partial charge in [0.2, 0.25) is 0 Å². The van der Waals surface area contributed by atoms with E-state index in [2.05, 4.69) is 52.0 Å². The van der Waals surface area contributed by atoms with E-state index in [4.69, 9.17) is 10.5 Å². The molecule has 0 radical (unpaired) electrons. The molecular formula is C16H25BrN2O. The summed E-state index contributed by atoms with van der Waals surface area (Å²) in [4.78, 5) is 2.52. The number of benzene rings is 1. The summed E-state index contributed by atoms with van der Waals surface area (Å²) in [6.07, 6.45) is 3.57. The molecule has 1 heterocycles. The van der Waals surface area contributed by atoms with Gasteiger partial charge >= 0.3 is 0 Å². The van der Waals surface area contributed by atoms with Crippen molar-refractivity contribution in [2.45, 2.75) is 44.4 Å². The van der Waals surface area contributed by atoms with Gasteiger partial charge in [0.1, 0.15) is 0 Å². The van der Waals surface area contributed by atoms with Gasteiger partial charge in [-0.2, -0.15) is 0 Å². The van der Waals surface area contributed by atoms with Crippen molar-refractivity contribution in [3.8, 4) is 0 Å². The van der Waals surface area contributed by atoms with E-state index in [1.807, 2.05) is 7.11 Å². The van der Waals surface area contributed by atoms with Crippen LogP contribution in [0.15, 0.2) is 28.7 Å². The van der Waals surface area contributed by atoms with Crippen LogP contribution in [0.25, 0.3) is 0 Å². The summed E-state index contributed by atoms with van der Waals surface area (Å²) in [6.45, 7) is 4.27. The smallest absolute Gasteiger partial charge is 0.0595 e. The first kappa shape index (κ1) is 16.0. The summed E-state index contributed by atoms with van der Waals surface area (Å²) < 4.78 is 6.62. The first-order valence-corrected chi connectivity index (χ1v) is 8.23. The van der Waals surface area contributed by atoms with Crippen LogP contribution in [0, 0.1) is 0 Å². The third-order valence-electron chi connectivity index (χ3n) is 4.30. The Morgan fingerprint density at radius 1 is 1.35 bits per heavy atom. The van der Waals surface area contributed by atoms with Gasteiger partial charge in [-0.15, -0.1) is 0 Å². The molecule has 4 heteroatoms. The van der Waals surface area contributed by atoms with Gasteiger partial charge in [0.05, 0.1) is 12.1 Å². The predicted molar refractivity (Wildman–Crippen MR) is 86.8 cm³/mol. The van der Waals surface area contributed by atoms with Crippen LogP contribution >= 0.6 is 15.9 Å². The molecule has 0 spiro atoms. The normalized spacial score (nSPS) is 20.8. The van der Waals surface area contributed by atoms with E-state index in [0.29, 0.717) is 6.10 Å². The molecule has 2 unspecified atom stereocenters. The number of hydrogen-bond donors (Lipinski definition) is 1. The quantitative estimate of drug-likeness (QED) is 0.893. The Balaban J connectivity index is 2.19. The van der Waals surface area contributed by atoms with E-state index >= 15 is 0 Å². The maximum atomic E-state index is 6.42. The minimum Gasteiger partial charge on any atom is -0.381 e. The molecule has 2 atom stereocenters. The van der Waals surface area contributed by atoms with E-state index in [1.54, 1.807) is 0 Å². The fourth-order valence-corrected chi connectivity index (χ4v) is 3.55. The number of ether oxygens (including phenoxy) is 1. The summed E-state index contributed by atoms with van der Waals surface area (Å²) in [7, 11) is 1.81. The van der Waals surface area contributed by atoms with E-state index < -0.39 is 0 Å². The summed E-state index contributed by atoms with van der Waals surface area (Å²) in [5.41, 5.74) is 7.73. The van der Waals surface area contributed by atoms with Crippen molar-refractivity contribution < 1.29 is 4.74 Å². The third-order valence-corrected chi connectivity index (χ3v) is 5.03. The standard InChI is InChI=1S/C16H25BrN2O/c1-3-15(18)16(13-6-4-5-7-14(13)17)19-10-8-12(20-2)9-11-19/h4-7,12,15-16H,3,8-11,18H2,1-2H3. The van der Waals surface area contributed by atoms with Gasteiger partial charge in [0, 0.05) is 30.7 Å². The minimum absolute atomic E-state index is 0.160. The molecule has 0 aromatic heterocycles. The molecule has 20 heavy (non-hydrogen) atoms. The number of piperidine rings is 1. The molecule has 3 nitrogen and oxygen atoms in total. The molecule has 2 N–H and O–H groups in total. The number of methoxy groups -OCH3 is 1. The minimum atomic E-state index is 0.160. The molecule has 112 valence electrons. The van der Waals surface area contributed by atoms with E-state index in [0.717, 1.165) is 36.8 Å². The van der Waals surface area contributed by atoms with E-state index in [-0.39, 0.29) is 12.1 Å². The van der Waals surface area contributed by atoms with Crippen molar-refractivity contribution in [3.63, 3.8) is 0 Å². The van der Waals surface area contributed by atoms with Gasteiger partial charge in [-0.3, -0.25) is 4.90 Å². The maximum Gasteiger partial charge on any atom is 0.0595 e. The molecule has 2 rings (SSSR count). The predicted octanol–water partition coefficient (Wildman–Crippen LogP) is 3.34. The average molecular weight is 341 g/mol. The van der Waals surface area contributed by atoms with E-state index in [9.17, 15) is 0 Å². The zero-order valence-electron chi connectivity index (χ0n) is 12.4. The zero-order valence-corrected chi connectivity index (χ0v) is 14.0. The molecule has 1 aromatic rings. The van der Waals surface area contributed by atoms with Crippen LogP contribution in [-0.2, 0) is 4.74 Å². The lowest BCUT2D eigenvalue weighted by Gasteiger charge is -2.40. The second-order valence-corrected chi connectivity index (χ2v) is 6.36. The molecule has 1 saturated heterocycles. The second-order valence-electron chi connectivity index (χ2n) is 5.51. The van der Waals surface area contributed by atoms with Gasteiger partial charge in [0.25, 0.3) is 0 Å². The summed E-state index contributed by atoms with van der Waals surface area (Å²) in [6, 6.07) is 8.89. The van der Waals surface area contributed by atoms with Crippen LogP contribution in [-0.4, -0.2) is 37.2 Å². The van der Waals surface area contributed by atoms with Crippen LogP contribution in [0.4, 0.5) is 0 Å². The third kappa shape index (κ3) is 3.61. The van der Waals surface area contributed by atoms with Crippen LogP contribution in [0.1, 0.15) is 37.8 Å². The van der Waals surface area contributed by atoms with Crippen LogP contribution in [0.2, 0.25) is 0 Å².